The molecule has 0 fully saturated rings. The van der Waals surface area contributed by atoms with E-state index in [0.29, 0.717) is 0 Å². The Hall–Kier alpha value is 3.27. The first-order chi connectivity index (χ1) is 3.74. The average molecular weight is 598 g/mol. The third-order valence-electron chi connectivity index (χ3n) is 1.26. The number of rotatable bonds is 2. The molecule has 0 spiro atoms. The minimum absolute atomic E-state index is 0.874. The second kappa shape index (κ2) is 3.99. The molecule has 1 atom stereocenters. The monoisotopic (exact) mass is 598 g/mol. The highest BCUT2D eigenvalue weighted by Gasteiger charge is 2.32. The van der Waals surface area contributed by atoms with Crippen LogP contribution in [0.1, 0.15) is 20.3 Å². The fraction of sp³-hybridized carbons (Fsp3) is 1.00. The first-order valence-corrected chi connectivity index (χ1v) is 16.1. The molecule has 0 aliphatic carbocycles. The van der Waals surface area contributed by atoms with Gasteiger partial charge in [0.1, 0.15) is 0 Å². The van der Waals surface area contributed by atoms with E-state index in [2.05, 4.69) is 98.7 Å². The van der Waals surface area contributed by atoms with E-state index in [1.807, 2.05) is 0 Å². The SMILES string of the molecule is CCC(C)[SH](I)(I)(I)I. The molecule has 0 N–H and O–H groups in total. The van der Waals surface area contributed by atoms with E-state index < -0.39 is -2.15 Å². The molecular weight excluding hydrogens is 588 g/mol. The summed E-state index contributed by atoms with van der Waals surface area (Å²) in [6.07, 6.45) is 1.30. The van der Waals surface area contributed by atoms with E-state index in [0.717, 1.165) is 5.25 Å². The lowest BCUT2D eigenvalue weighted by Crippen LogP contribution is -2.02. The summed E-state index contributed by atoms with van der Waals surface area (Å²) in [5, 5.41) is 0.874. The van der Waals surface area contributed by atoms with Gasteiger partial charge in [-0.05, 0) is 91.2 Å². The van der Waals surface area contributed by atoms with Crippen LogP contribution >= 0.6 is 82.7 Å². The number of hydrogen-bond donors (Lipinski definition) is 1. The van der Waals surface area contributed by atoms with Crippen molar-refractivity contribution in [3.63, 3.8) is 0 Å². The zero-order valence-corrected chi connectivity index (χ0v) is 14.8. The van der Waals surface area contributed by atoms with Gasteiger partial charge in [0.2, 0.25) is 0 Å². The first-order valence-electron chi connectivity index (χ1n) is 2.63. The zero-order chi connectivity index (χ0) is 7.73. The third-order valence-corrected chi connectivity index (χ3v) is 14.4. The molecule has 0 rings (SSSR count). The van der Waals surface area contributed by atoms with E-state index in [9.17, 15) is 0 Å². The maximum absolute atomic E-state index is 2.63. The standard InChI is InChI=1S/C4H10I4S/c1-3-4(2)9(5,6,7)8/h4,9H,3H2,1-2H3. The summed E-state index contributed by atoms with van der Waals surface area (Å²) in [5.41, 5.74) is 0. The molecule has 0 radical (unpaired) electrons. The van der Waals surface area contributed by atoms with E-state index in [4.69, 9.17) is 0 Å². The Kier molecular flexibility index (Phi) is 5.43. The molecule has 0 bridgehead atoms. The lowest BCUT2D eigenvalue weighted by atomic mass is 10.4. The van der Waals surface area contributed by atoms with Gasteiger partial charge in [-0.15, -0.1) is -2.15 Å². The van der Waals surface area contributed by atoms with E-state index >= 15 is 0 Å². The van der Waals surface area contributed by atoms with Crippen LogP contribution in [0.2, 0.25) is 0 Å². The Labute approximate surface area is 106 Å². The lowest BCUT2D eigenvalue weighted by molar-refractivity contribution is 0.911. The van der Waals surface area contributed by atoms with Crippen molar-refractivity contribution in [1.82, 2.24) is 0 Å². The molecule has 0 nitrogen and oxygen atoms in total. The van der Waals surface area contributed by atoms with Crippen LogP contribution in [0, 0.1) is 0 Å². The van der Waals surface area contributed by atoms with Crippen molar-refractivity contribution in [2.45, 2.75) is 25.5 Å². The van der Waals surface area contributed by atoms with Gasteiger partial charge >= 0.3 is 0 Å². The maximum Gasteiger partial charge on any atom is 0.00150 e. The summed E-state index contributed by atoms with van der Waals surface area (Å²) >= 11 is 10.5. The van der Waals surface area contributed by atoms with Crippen LogP contribution in [0.25, 0.3) is 0 Å². The van der Waals surface area contributed by atoms with Crippen LogP contribution in [-0.2, 0) is 0 Å². The number of thiol groups is 1. The molecule has 0 heterocycles. The Bertz CT molecular complexity index is 95.6. The van der Waals surface area contributed by atoms with Crippen LogP contribution in [0.3, 0.4) is 0 Å². The van der Waals surface area contributed by atoms with E-state index in [-0.39, 0.29) is 0 Å². The second-order valence-corrected chi connectivity index (χ2v) is 61.7. The topological polar surface area (TPSA) is 0 Å². The minimum Gasteiger partial charge on any atom is -0.114 e. The van der Waals surface area contributed by atoms with Gasteiger partial charge in [0.15, 0.2) is 0 Å². The predicted molar refractivity (Wildman–Crippen MR) is 84.8 cm³/mol. The Morgan fingerprint density at radius 3 is 1.56 bits per heavy atom. The summed E-state index contributed by atoms with van der Waals surface area (Å²) < 4.78 is -1.33. The molecule has 0 aliphatic heterocycles. The van der Waals surface area contributed by atoms with Gasteiger partial charge in [-0.2, -0.15) is 0 Å². The van der Waals surface area contributed by atoms with Crippen LogP contribution in [0.15, 0.2) is 0 Å². The lowest BCUT2D eigenvalue weighted by Gasteiger charge is -2.43. The Morgan fingerprint density at radius 1 is 1.22 bits per heavy atom. The van der Waals surface area contributed by atoms with E-state index in [1.165, 1.54) is 6.42 Å². The van der Waals surface area contributed by atoms with Crippen molar-refractivity contribution in [2.24, 2.45) is 0 Å². The zero-order valence-electron chi connectivity index (χ0n) is 5.24. The van der Waals surface area contributed by atoms with Crippen LogP contribution in [0.4, 0.5) is 0 Å². The van der Waals surface area contributed by atoms with Gasteiger partial charge in [0.05, 0.1) is 0 Å². The van der Waals surface area contributed by atoms with Crippen molar-refractivity contribution in [2.75, 3.05) is 0 Å². The first kappa shape index (κ1) is 12.3. The fourth-order valence-electron chi connectivity index (χ4n) is 0.276. The second-order valence-electron chi connectivity index (χ2n) is 2.03. The predicted octanol–water partition coefficient (Wildman–Crippen LogP) is 5.26. The van der Waals surface area contributed by atoms with Crippen LogP contribution in [0.5, 0.6) is 0 Å². The molecule has 0 amide bonds. The minimum atomic E-state index is -1.33. The van der Waals surface area contributed by atoms with E-state index in [1.54, 1.807) is 0 Å². The largest absolute Gasteiger partial charge is 0.114 e. The molecule has 0 saturated carbocycles. The quantitative estimate of drug-likeness (QED) is 0.326. The molecule has 60 valence electrons. The highest BCUT2D eigenvalue weighted by Crippen LogP contribution is 2.98. The third kappa shape index (κ3) is 5.50. The van der Waals surface area contributed by atoms with Crippen molar-refractivity contribution in [3.05, 3.63) is 0 Å². The number of halogens is 4. The molecular formula is C4H10I4S. The maximum atomic E-state index is 2.63. The van der Waals surface area contributed by atoms with Crippen molar-refractivity contribution in [1.29, 1.82) is 0 Å². The normalized spacial score (nSPS) is 20.4. The molecule has 5 heteroatoms. The van der Waals surface area contributed by atoms with Crippen molar-refractivity contribution >= 4 is 82.7 Å². The molecule has 0 aromatic carbocycles. The van der Waals surface area contributed by atoms with Gasteiger partial charge in [-0.25, -0.2) is 0 Å². The summed E-state index contributed by atoms with van der Waals surface area (Å²) in [6, 6.07) is 0. The van der Waals surface area contributed by atoms with Gasteiger partial charge in [-0.1, -0.05) is 13.8 Å². The van der Waals surface area contributed by atoms with Gasteiger partial charge in [0, 0.05) is 5.25 Å². The summed E-state index contributed by atoms with van der Waals surface area (Å²) in [6.45, 7) is 4.61. The van der Waals surface area contributed by atoms with Gasteiger partial charge in [-0.3, -0.25) is 0 Å². The molecule has 0 aromatic rings. The molecule has 1 unspecified atom stereocenters. The summed E-state index contributed by atoms with van der Waals surface area (Å²) in [5.74, 6) is 0. The summed E-state index contributed by atoms with van der Waals surface area (Å²) in [4.78, 5) is 0. The average Bonchev–Trinajstić information content (AvgIpc) is 1.60. The van der Waals surface area contributed by atoms with Crippen molar-refractivity contribution in [3.8, 4) is 0 Å². The van der Waals surface area contributed by atoms with Crippen molar-refractivity contribution < 1.29 is 0 Å². The highest BCUT2D eigenvalue weighted by atomic mass is 127. The molecule has 0 saturated heterocycles. The highest BCUT2D eigenvalue weighted by molar-refractivity contribution is 14.6. The van der Waals surface area contributed by atoms with Crippen LogP contribution in [-0.4, -0.2) is 5.25 Å². The van der Waals surface area contributed by atoms with Gasteiger partial charge in [0.25, 0.3) is 0 Å². The Balaban J connectivity index is 4.16. The Morgan fingerprint density at radius 2 is 1.56 bits per heavy atom. The van der Waals surface area contributed by atoms with Crippen LogP contribution < -0.4 is 0 Å². The van der Waals surface area contributed by atoms with Gasteiger partial charge < -0.3 is 0 Å². The molecule has 0 aromatic heterocycles. The summed E-state index contributed by atoms with van der Waals surface area (Å²) in [7, 11) is 0. The molecule has 0 aliphatic rings. The smallest absolute Gasteiger partial charge is 0.00150 e. The number of hydrogen-bond acceptors (Lipinski definition) is 0. The fourth-order valence-corrected chi connectivity index (χ4v) is 5.55. The molecule has 9 heavy (non-hydrogen) atoms.